The summed E-state index contributed by atoms with van der Waals surface area (Å²) in [5.41, 5.74) is 0.987. The van der Waals surface area contributed by atoms with Gasteiger partial charge in [-0.25, -0.2) is 0 Å². The predicted molar refractivity (Wildman–Crippen MR) is 75.0 cm³/mol. The molecule has 1 aliphatic heterocycles. The SMILES string of the molecule is CCOC(=O)C(C)NCc1cccc2c1OCCCO2. The molecular formula is C15H21NO4. The molecule has 0 amide bonds. The van der Waals surface area contributed by atoms with Gasteiger partial charge in [0.1, 0.15) is 6.04 Å². The number of hydrogen-bond donors (Lipinski definition) is 1. The van der Waals surface area contributed by atoms with Gasteiger partial charge in [0, 0.05) is 18.5 Å². The summed E-state index contributed by atoms with van der Waals surface area (Å²) in [7, 11) is 0. The third kappa shape index (κ3) is 3.63. The monoisotopic (exact) mass is 279 g/mol. The van der Waals surface area contributed by atoms with Crippen molar-refractivity contribution in [2.24, 2.45) is 0 Å². The van der Waals surface area contributed by atoms with E-state index in [-0.39, 0.29) is 12.0 Å². The maximum atomic E-state index is 11.6. The van der Waals surface area contributed by atoms with Gasteiger partial charge in [-0.05, 0) is 19.9 Å². The van der Waals surface area contributed by atoms with Crippen molar-refractivity contribution in [3.63, 3.8) is 0 Å². The molecule has 0 spiro atoms. The van der Waals surface area contributed by atoms with Gasteiger partial charge in [0.05, 0.1) is 19.8 Å². The topological polar surface area (TPSA) is 56.8 Å². The number of benzene rings is 1. The van der Waals surface area contributed by atoms with E-state index in [1.54, 1.807) is 13.8 Å². The second-order valence-electron chi connectivity index (χ2n) is 4.65. The lowest BCUT2D eigenvalue weighted by Gasteiger charge is -2.15. The van der Waals surface area contributed by atoms with E-state index < -0.39 is 0 Å². The van der Waals surface area contributed by atoms with Gasteiger partial charge < -0.3 is 19.5 Å². The van der Waals surface area contributed by atoms with Crippen molar-refractivity contribution in [3.8, 4) is 11.5 Å². The molecule has 5 nitrogen and oxygen atoms in total. The summed E-state index contributed by atoms with van der Waals surface area (Å²) >= 11 is 0. The van der Waals surface area contributed by atoms with Crippen molar-refractivity contribution in [3.05, 3.63) is 23.8 Å². The Morgan fingerprint density at radius 1 is 1.40 bits per heavy atom. The average Bonchev–Trinajstić information content (AvgIpc) is 2.70. The summed E-state index contributed by atoms with van der Waals surface area (Å²) < 4.78 is 16.3. The molecule has 5 heteroatoms. The quantitative estimate of drug-likeness (QED) is 0.834. The van der Waals surface area contributed by atoms with Crippen LogP contribution in [0.15, 0.2) is 18.2 Å². The van der Waals surface area contributed by atoms with Crippen molar-refractivity contribution in [2.75, 3.05) is 19.8 Å². The van der Waals surface area contributed by atoms with Gasteiger partial charge in [0.2, 0.25) is 0 Å². The molecule has 1 atom stereocenters. The van der Waals surface area contributed by atoms with Crippen LogP contribution in [-0.2, 0) is 16.1 Å². The summed E-state index contributed by atoms with van der Waals surface area (Å²) in [6, 6.07) is 5.45. The van der Waals surface area contributed by atoms with Crippen molar-refractivity contribution in [1.82, 2.24) is 5.32 Å². The van der Waals surface area contributed by atoms with E-state index in [1.807, 2.05) is 18.2 Å². The van der Waals surface area contributed by atoms with Gasteiger partial charge >= 0.3 is 5.97 Å². The van der Waals surface area contributed by atoms with Gasteiger partial charge in [-0.15, -0.1) is 0 Å². The first kappa shape index (κ1) is 14.7. The van der Waals surface area contributed by atoms with Crippen molar-refractivity contribution >= 4 is 5.97 Å². The molecule has 0 fully saturated rings. The predicted octanol–water partition coefficient (Wildman–Crippen LogP) is 1.89. The third-order valence-corrected chi connectivity index (χ3v) is 3.09. The van der Waals surface area contributed by atoms with Crippen LogP contribution in [0.25, 0.3) is 0 Å². The van der Waals surface area contributed by atoms with Crippen LogP contribution in [0.3, 0.4) is 0 Å². The third-order valence-electron chi connectivity index (χ3n) is 3.09. The summed E-state index contributed by atoms with van der Waals surface area (Å²) in [4.78, 5) is 11.6. The average molecular weight is 279 g/mol. The van der Waals surface area contributed by atoms with Crippen LogP contribution >= 0.6 is 0 Å². The first-order valence-electron chi connectivity index (χ1n) is 7.00. The van der Waals surface area contributed by atoms with Gasteiger partial charge in [-0.3, -0.25) is 4.79 Å². The molecule has 1 heterocycles. The Morgan fingerprint density at radius 2 is 2.20 bits per heavy atom. The molecule has 0 saturated carbocycles. The Hall–Kier alpha value is -1.75. The molecule has 0 aromatic heterocycles. The van der Waals surface area contributed by atoms with E-state index in [4.69, 9.17) is 14.2 Å². The highest BCUT2D eigenvalue weighted by molar-refractivity contribution is 5.75. The maximum Gasteiger partial charge on any atom is 0.322 e. The summed E-state index contributed by atoms with van der Waals surface area (Å²) in [5.74, 6) is 1.30. The normalized spacial score (nSPS) is 15.3. The number of fused-ring (bicyclic) bond motifs is 1. The highest BCUT2D eigenvalue weighted by Gasteiger charge is 2.17. The van der Waals surface area contributed by atoms with Gasteiger partial charge in [0.25, 0.3) is 0 Å². The molecule has 0 bridgehead atoms. The molecule has 0 aliphatic carbocycles. The molecule has 2 rings (SSSR count). The molecule has 1 aromatic rings. The Labute approximate surface area is 119 Å². The van der Waals surface area contributed by atoms with E-state index in [1.165, 1.54) is 0 Å². The van der Waals surface area contributed by atoms with E-state index in [2.05, 4.69) is 5.32 Å². The van der Waals surface area contributed by atoms with Crippen molar-refractivity contribution < 1.29 is 19.0 Å². The lowest BCUT2D eigenvalue weighted by molar-refractivity contribution is -0.145. The summed E-state index contributed by atoms with van der Waals surface area (Å²) in [6.45, 7) is 5.83. The van der Waals surface area contributed by atoms with Crippen LogP contribution in [0.1, 0.15) is 25.8 Å². The van der Waals surface area contributed by atoms with Crippen LogP contribution in [0.5, 0.6) is 11.5 Å². The summed E-state index contributed by atoms with van der Waals surface area (Å²) in [5, 5.41) is 3.14. The number of ether oxygens (including phenoxy) is 3. The van der Waals surface area contributed by atoms with Crippen LogP contribution in [0.2, 0.25) is 0 Å². The smallest absolute Gasteiger partial charge is 0.322 e. The van der Waals surface area contributed by atoms with Gasteiger partial charge in [-0.2, -0.15) is 0 Å². The molecular weight excluding hydrogens is 258 g/mol. The molecule has 1 aliphatic rings. The Bertz CT molecular complexity index is 461. The zero-order valence-electron chi connectivity index (χ0n) is 12.0. The molecule has 0 radical (unpaired) electrons. The summed E-state index contributed by atoms with van der Waals surface area (Å²) in [6.07, 6.45) is 0.876. The number of carbonyl (C=O) groups is 1. The number of hydrogen-bond acceptors (Lipinski definition) is 5. The molecule has 0 saturated heterocycles. The van der Waals surface area contributed by atoms with Crippen LogP contribution in [0.4, 0.5) is 0 Å². The minimum absolute atomic E-state index is 0.244. The number of nitrogens with one attached hydrogen (secondary N) is 1. The van der Waals surface area contributed by atoms with Crippen LogP contribution in [0, 0.1) is 0 Å². The van der Waals surface area contributed by atoms with Gasteiger partial charge in [0.15, 0.2) is 11.5 Å². The van der Waals surface area contributed by atoms with Crippen LogP contribution in [-0.4, -0.2) is 31.8 Å². The maximum absolute atomic E-state index is 11.6. The first-order valence-corrected chi connectivity index (χ1v) is 7.00. The fraction of sp³-hybridized carbons (Fsp3) is 0.533. The largest absolute Gasteiger partial charge is 0.490 e. The van der Waals surface area contributed by atoms with E-state index in [0.29, 0.717) is 26.4 Å². The Kier molecular flexibility index (Phi) is 5.24. The Morgan fingerprint density at radius 3 is 3.00 bits per heavy atom. The van der Waals surface area contributed by atoms with E-state index in [9.17, 15) is 4.79 Å². The Balaban J connectivity index is 2.01. The molecule has 1 aromatic carbocycles. The van der Waals surface area contributed by atoms with Crippen molar-refractivity contribution in [2.45, 2.75) is 32.9 Å². The van der Waals surface area contributed by atoms with E-state index in [0.717, 1.165) is 23.5 Å². The fourth-order valence-electron chi connectivity index (χ4n) is 2.01. The molecule has 1 unspecified atom stereocenters. The second-order valence-corrected chi connectivity index (χ2v) is 4.65. The minimum Gasteiger partial charge on any atom is -0.490 e. The number of esters is 1. The fourth-order valence-corrected chi connectivity index (χ4v) is 2.01. The molecule has 110 valence electrons. The number of rotatable bonds is 5. The zero-order chi connectivity index (χ0) is 14.4. The number of carbonyl (C=O) groups excluding carboxylic acids is 1. The first-order chi connectivity index (χ1) is 9.72. The molecule has 20 heavy (non-hydrogen) atoms. The lowest BCUT2D eigenvalue weighted by Crippen LogP contribution is -2.35. The van der Waals surface area contributed by atoms with Crippen LogP contribution < -0.4 is 14.8 Å². The highest BCUT2D eigenvalue weighted by atomic mass is 16.5. The zero-order valence-corrected chi connectivity index (χ0v) is 12.0. The van der Waals surface area contributed by atoms with E-state index >= 15 is 0 Å². The number of para-hydroxylation sites is 1. The minimum atomic E-state index is -0.350. The van der Waals surface area contributed by atoms with Gasteiger partial charge in [-0.1, -0.05) is 12.1 Å². The highest BCUT2D eigenvalue weighted by Crippen LogP contribution is 2.33. The standard InChI is InChI=1S/C15H21NO4/c1-3-18-15(17)11(2)16-10-12-6-4-7-13-14(12)20-9-5-8-19-13/h4,6-7,11,16H,3,5,8-10H2,1-2H3. The second kappa shape index (κ2) is 7.14. The molecule has 1 N–H and O–H groups in total. The van der Waals surface area contributed by atoms with Crippen molar-refractivity contribution in [1.29, 1.82) is 0 Å². The lowest BCUT2D eigenvalue weighted by atomic mass is 10.1.